The molecule has 0 atom stereocenters. The Morgan fingerprint density at radius 3 is 1.61 bits per heavy atom. The predicted molar refractivity (Wildman–Crippen MR) is 215 cm³/mol. The molecule has 0 saturated heterocycles. The van der Waals surface area contributed by atoms with E-state index in [1.54, 1.807) is 0 Å². The van der Waals surface area contributed by atoms with Gasteiger partial charge in [0.1, 0.15) is 11.2 Å². The van der Waals surface area contributed by atoms with Crippen LogP contribution in [0.1, 0.15) is 0 Å². The molecule has 3 heteroatoms. The molecule has 8 aromatic carbocycles. The number of benzene rings is 8. The molecule has 2 heterocycles. The van der Waals surface area contributed by atoms with Gasteiger partial charge in [-0.2, -0.15) is 0 Å². The van der Waals surface area contributed by atoms with E-state index in [1.165, 1.54) is 55.2 Å². The number of aromatic nitrogens is 1. The summed E-state index contributed by atoms with van der Waals surface area (Å²) in [6, 6.07) is 64.6. The van der Waals surface area contributed by atoms with Gasteiger partial charge in [-0.05, 0) is 93.5 Å². The quantitative estimate of drug-likeness (QED) is 0.188. The monoisotopic (exact) mass is 652 g/mol. The highest BCUT2D eigenvalue weighted by Gasteiger charge is 2.12. The van der Waals surface area contributed by atoms with E-state index in [2.05, 4.69) is 180 Å². The molecule has 0 aliphatic rings. The third-order valence-corrected chi connectivity index (χ3v) is 10.0. The van der Waals surface area contributed by atoms with Gasteiger partial charge in [0.15, 0.2) is 0 Å². The first-order valence-corrected chi connectivity index (χ1v) is 17.3. The van der Waals surface area contributed by atoms with Crippen LogP contribution in [0.25, 0.3) is 88.3 Å². The molecule has 2 aromatic heterocycles. The topological polar surface area (TPSA) is 41.0 Å². The van der Waals surface area contributed by atoms with E-state index in [0.29, 0.717) is 0 Å². The van der Waals surface area contributed by atoms with Crippen molar-refractivity contribution in [2.75, 3.05) is 5.32 Å². The predicted octanol–water partition coefficient (Wildman–Crippen LogP) is 13.6. The van der Waals surface area contributed by atoms with Crippen LogP contribution in [-0.4, -0.2) is 4.98 Å². The summed E-state index contributed by atoms with van der Waals surface area (Å²) in [5.41, 5.74) is 15.7. The molecule has 0 amide bonds. The summed E-state index contributed by atoms with van der Waals surface area (Å²) < 4.78 is 6.27. The molecule has 0 spiro atoms. The molecule has 0 unspecified atom stereocenters. The third-order valence-electron chi connectivity index (χ3n) is 10.0. The van der Waals surface area contributed by atoms with Gasteiger partial charge in [-0.1, -0.05) is 127 Å². The Kier molecular flexibility index (Phi) is 6.81. The zero-order valence-corrected chi connectivity index (χ0v) is 27.7. The second-order valence-electron chi connectivity index (χ2n) is 13.1. The SMILES string of the molecule is c1cc(-c2ccc(Nc3ccc(-c4cccc5c4oc4ccccc45)cc3)cc2)cc(-c2ccc(-c3ccc4[nH]c5ccccc5c4c3)cc2)c1. The number of fused-ring (bicyclic) bond motifs is 6. The van der Waals surface area contributed by atoms with E-state index in [1.807, 2.05) is 12.1 Å². The van der Waals surface area contributed by atoms with Crippen molar-refractivity contribution in [3.05, 3.63) is 182 Å². The Bertz CT molecular complexity index is 2860. The lowest BCUT2D eigenvalue weighted by Gasteiger charge is -2.10. The number of furan rings is 1. The van der Waals surface area contributed by atoms with Crippen LogP contribution in [0.5, 0.6) is 0 Å². The fourth-order valence-electron chi connectivity index (χ4n) is 7.38. The smallest absolute Gasteiger partial charge is 0.143 e. The zero-order chi connectivity index (χ0) is 33.7. The summed E-state index contributed by atoms with van der Waals surface area (Å²) in [6.45, 7) is 0. The van der Waals surface area contributed by atoms with Crippen molar-refractivity contribution < 1.29 is 4.42 Å². The molecular weight excluding hydrogens is 621 g/mol. The minimum absolute atomic E-state index is 0.915. The first-order chi connectivity index (χ1) is 25.2. The van der Waals surface area contributed by atoms with Crippen LogP contribution in [0, 0.1) is 0 Å². The Hall–Kier alpha value is -6.84. The molecule has 0 saturated carbocycles. The van der Waals surface area contributed by atoms with Crippen molar-refractivity contribution in [2.45, 2.75) is 0 Å². The Balaban J connectivity index is 0.853. The van der Waals surface area contributed by atoms with Crippen LogP contribution in [0.2, 0.25) is 0 Å². The minimum Gasteiger partial charge on any atom is -0.455 e. The largest absolute Gasteiger partial charge is 0.455 e. The highest BCUT2D eigenvalue weighted by atomic mass is 16.3. The Morgan fingerprint density at radius 1 is 0.353 bits per heavy atom. The van der Waals surface area contributed by atoms with Gasteiger partial charge in [-0.25, -0.2) is 0 Å². The van der Waals surface area contributed by atoms with Crippen molar-refractivity contribution in [3.63, 3.8) is 0 Å². The summed E-state index contributed by atoms with van der Waals surface area (Å²) in [5.74, 6) is 0. The van der Waals surface area contributed by atoms with Crippen LogP contribution in [-0.2, 0) is 0 Å². The third kappa shape index (κ3) is 5.24. The van der Waals surface area contributed by atoms with E-state index in [4.69, 9.17) is 4.42 Å². The highest BCUT2D eigenvalue weighted by molar-refractivity contribution is 6.10. The van der Waals surface area contributed by atoms with E-state index in [-0.39, 0.29) is 0 Å². The maximum atomic E-state index is 6.27. The lowest BCUT2D eigenvalue weighted by molar-refractivity contribution is 0.670. The average Bonchev–Trinajstić information content (AvgIpc) is 3.77. The van der Waals surface area contributed by atoms with Crippen molar-refractivity contribution in [2.24, 2.45) is 0 Å². The Labute approximate surface area is 295 Å². The van der Waals surface area contributed by atoms with Crippen molar-refractivity contribution in [1.82, 2.24) is 4.98 Å². The lowest BCUT2D eigenvalue weighted by Crippen LogP contribution is -1.90. The molecule has 10 aromatic rings. The molecule has 10 rings (SSSR count). The summed E-state index contributed by atoms with van der Waals surface area (Å²) in [7, 11) is 0. The van der Waals surface area contributed by atoms with Crippen LogP contribution in [0.15, 0.2) is 186 Å². The number of aromatic amines is 1. The second kappa shape index (κ2) is 11.9. The van der Waals surface area contributed by atoms with Gasteiger partial charge in [0.2, 0.25) is 0 Å². The fourth-order valence-corrected chi connectivity index (χ4v) is 7.38. The molecule has 3 nitrogen and oxygen atoms in total. The Morgan fingerprint density at radius 2 is 0.882 bits per heavy atom. The van der Waals surface area contributed by atoms with E-state index < -0.39 is 0 Å². The van der Waals surface area contributed by atoms with Gasteiger partial charge in [0.25, 0.3) is 0 Å². The maximum Gasteiger partial charge on any atom is 0.143 e. The first-order valence-electron chi connectivity index (χ1n) is 17.3. The number of H-pyrrole nitrogens is 1. The summed E-state index contributed by atoms with van der Waals surface area (Å²) >= 11 is 0. The molecule has 0 aliphatic carbocycles. The molecule has 240 valence electrons. The highest BCUT2D eigenvalue weighted by Crippen LogP contribution is 2.37. The zero-order valence-electron chi connectivity index (χ0n) is 27.7. The van der Waals surface area contributed by atoms with Crippen LogP contribution < -0.4 is 5.32 Å². The molecular formula is C48H32N2O. The molecule has 51 heavy (non-hydrogen) atoms. The normalized spacial score (nSPS) is 11.5. The van der Waals surface area contributed by atoms with Gasteiger partial charge < -0.3 is 14.7 Å². The number of nitrogens with one attached hydrogen (secondary N) is 2. The van der Waals surface area contributed by atoms with Gasteiger partial charge in [0, 0.05) is 49.5 Å². The number of para-hydroxylation sites is 3. The van der Waals surface area contributed by atoms with Crippen molar-refractivity contribution >= 4 is 55.1 Å². The van der Waals surface area contributed by atoms with Gasteiger partial charge >= 0.3 is 0 Å². The molecule has 0 bridgehead atoms. The summed E-state index contributed by atoms with van der Waals surface area (Å²) in [4.78, 5) is 3.53. The van der Waals surface area contributed by atoms with Gasteiger partial charge in [-0.3, -0.25) is 0 Å². The maximum absolute atomic E-state index is 6.27. The van der Waals surface area contributed by atoms with Gasteiger partial charge in [-0.15, -0.1) is 0 Å². The number of hydrogen-bond acceptors (Lipinski definition) is 2. The van der Waals surface area contributed by atoms with Crippen LogP contribution >= 0.6 is 0 Å². The van der Waals surface area contributed by atoms with E-state index in [0.717, 1.165) is 44.4 Å². The van der Waals surface area contributed by atoms with Crippen molar-refractivity contribution in [3.8, 4) is 44.5 Å². The van der Waals surface area contributed by atoms with E-state index >= 15 is 0 Å². The molecule has 0 aliphatic heterocycles. The van der Waals surface area contributed by atoms with Crippen LogP contribution in [0.4, 0.5) is 11.4 Å². The molecule has 0 radical (unpaired) electrons. The fraction of sp³-hybridized carbons (Fsp3) is 0. The number of rotatable bonds is 6. The standard InChI is InChI=1S/C48H32N2O/c1-3-13-45-41(9-1)44-30-37(23-28-46(44)50-45)32-17-15-31(16-18-32)35-7-5-8-36(29-35)33-19-24-38(25-20-33)49-39-26-21-34(22-27-39)40-11-6-12-43-42-10-2-4-14-47(42)51-48(40)43/h1-30,49-50H. The molecule has 2 N–H and O–H groups in total. The number of hydrogen-bond donors (Lipinski definition) is 2. The minimum atomic E-state index is 0.915. The second-order valence-corrected chi connectivity index (χ2v) is 13.1. The van der Waals surface area contributed by atoms with Gasteiger partial charge in [0.05, 0.1) is 0 Å². The molecule has 0 fully saturated rings. The average molecular weight is 653 g/mol. The van der Waals surface area contributed by atoms with Crippen LogP contribution in [0.3, 0.4) is 0 Å². The first kappa shape index (κ1) is 29.1. The number of anilines is 2. The summed E-state index contributed by atoms with van der Waals surface area (Å²) in [6.07, 6.45) is 0. The lowest BCUT2D eigenvalue weighted by atomic mass is 9.96. The van der Waals surface area contributed by atoms with Crippen molar-refractivity contribution in [1.29, 1.82) is 0 Å². The van der Waals surface area contributed by atoms with E-state index in [9.17, 15) is 0 Å². The summed E-state index contributed by atoms with van der Waals surface area (Å²) in [5, 5.41) is 8.37.